The summed E-state index contributed by atoms with van der Waals surface area (Å²) in [6.45, 7) is 5.13. The SMILES string of the molecule is C=CC(=O)O.CCCCCCl.Cl. The summed E-state index contributed by atoms with van der Waals surface area (Å²) in [6, 6.07) is 0. The molecular weight excluding hydrogens is 199 g/mol. The van der Waals surface area contributed by atoms with E-state index in [2.05, 4.69) is 13.5 Å². The van der Waals surface area contributed by atoms with Gasteiger partial charge in [0.1, 0.15) is 0 Å². The van der Waals surface area contributed by atoms with Crippen molar-refractivity contribution in [2.75, 3.05) is 5.88 Å². The summed E-state index contributed by atoms with van der Waals surface area (Å²) >= 11 is 5.38. The van der Waals surface area contributed by atoms with Gasteiger partial charge in [0.15, 0.2) is 0 Å². The summed E-state index contributed by atoms with van der Waals surface area (Å²) in [5.41, 5.74) is 0. The van der Waals surface area contributed by atoms with Crippen molar-refractivity contribution in [2.45, 2.75) is 26.2 Å². The van der Waals surface area contributed by atoms with E-state index in [1.54, 1.807) is 0 Å². The number of carbonyl (C=O) groups is 1. The van der Waals surface area contributed by atoms with E-state index in [-0.39, 0.29) is 12.4 Å². The average molecular weight is 215 g/mol. The molecule has 2 nitrogen and oxygen atoms in total. The minimum Gasteiger partial charge on any atom is -0.478 e. The first-order valence-electron chi connectivity index (χ1n) is 3.60. The molecule has 0 aliphatic carbocycles. The highest BCUT2D eigenvalue weighted by Crippen LogP contribution is 1.93. The van der Waals surface area contributed by atoms with E-state index in [4.69, 9.17) is 16.7 Å². The number of unbranched alkanes of at least 4 members (excludes halogenated alkanes) is 2. The molecular formula is C8H16Cl2O2. The summed E-state index contributed by atoms with van der Waals surface area (Å²) in [6.07, 6.45) is 4.56. The molecule has 0 aliphatic heterocycles. The normalized spacial score (nSPS) is 7.17. The first-order valence-corrected chi connectivity index (χ1v) is 4.13. The first-order chi connectivity index (χ1) is 5.18. The molecule has 0 atom stereocenters. The summed E-state index contributed by atoms with van der Waals surface area (Å²) in [4.78, 5) is 9.25. The van der Waals surface area contributed by atoms with Gasteiger partial charge >= 0.3 is 5.97 Å². The molecule has 0 aliphatic rings. The molecule has 12 heavy (non-hydrogen) atoms. The maximum Gasteiger partial charge on any atom is 0.327 e. The molecule has 0 aromatic heterocycles. The van der Waals surface area contributed by atoms with Crippen LogP contribution in [-0.2, 0) is 4.79 Å². The Morgan fingerprint density at radius 1 is 1.58 bits per heavy atom. The summed E-state index contributed by atoms with van der Waals surface area (Å²) in [7, 11) is 0. The lowest BCUT2D eigenvalue weighted by Gasteiger charge is -1.84. The predicted molar refractivity (Wildman–Crippen MR) is 55.3 cm³/mol. The lowest BCUT2D eigenvalue weighted by atomic mass is 10.3. The third kappa shape index (κ3) is 33.0. The Morgan fingerprint density at radius 3 is 2.08 bits per heavy atom. The zero-order chi connectivity index (χ0) is 9.11. The van der Waals surface area contributed by atoms with Gasteiger partial charge in [-0.1, -0.05) is 26.3 Å². The van der Waals surface area contributed by atoms with Gasteiger partial charge in [-0.15, -0.1) is 24.0 Å². The van der Waals surface area contributed by atoms with E-state index >= 15 is 0 Å². The molecule has 1 N–H and O–H groups in total. The van der Waals surface area contributed by atoms with Crippen LogP contribution in [0.2, 0.25) is 0 Å². The zero-order valence-corrected chi connectivity index (χ0v) is 8.83. The second kappa shape index (κ2) is 17.0. The van der Waals surface area contributed by atoms with Gasteiger partial charge in [-0.25, -0.2) is 4.79 Å². The van der Waals surface area contributed by atoms with Gasteiger partial charge in [0.05, 0.1) is 0 Å². The highest BCUT2D eigenvalue weighted by Gasteiger charge is 1.76. The molecule has 0 aromatic rings. The van der Waals surface area contributed by atoms with Crippen LogP contribution in [0, 0.1) is 0 Å². The number of alkyl halides is 1. The van der Waals surface area contributed by atoms with Crippen LogP contribution in [0.15, 0.2) is 12.7 Å². The highest BCUT2D eigenvalue weighted by atomic mass is 35.5. The molecule has 0 heterocycles. The van der Waals surface area contributed by atoms with E-state index in [0.717, 1.165) is 12.0 Å². The van der Waals surface area contributed by atoms with E-state index in [1.807, 2.05) is 0 Å². The summed E-state index contributed by atoms with van der Waals surface area (Å²) in [5.74, 6) is -0.154. The Hall–Kier alpha value is -0.210. The van der Waals surface area contributed by atoms with Crippen LogP contribution >= 0.6 is 24.0 Å². The van der Waals surface area contributed by atoms with Crippen molar-refractivity contribution >= 4 is 30.0 Å². The predicted octanol–water partition coefficient (Wildman–Crippen LogP) is 3.09. The third-order valence-corrected chi connectivity index (χ3v) is 1.18. The van der Waals surface area contributed by atoms with Crippen molar-refractivity contribution in [3.63, 3.8) is 0 Å². The summed E-state index contributed by atoms with van der Waals surface area (Å²) in [5, 5.41) is 7.60. The van der Waals surface area contributed by atoms with Gasteiger partial charge in [-0.3, -0.25) is 0 Å². The molecule has 0 saturated heterocycles. The molecule has 74 valence electrons. The number of halogens is 2. The van der Waals surface area contributed by atoms with Crippen LogP contribution in [0.1, 0.15) is 26.2 Å². The first kappa shape index (κ1) is 17.8. The maximum absolute atomic E-state index is 9.25. The van der Waals surface area contributed by atoms with Gasteiger partial charge in [-0.05, 0) is 6.42 Å². The van der Waals surface area contributed by atoms with E-state index in [0.29, 0.717) is 0 Å². The number of rotatable bonds is 4. The minimum absolute atomic E-state index is 0. The fourth-order valence-electron chi connectivity index (χ4n) is 0.344. The zero-order valence-electron chi connectivity index (χ0n) is 7.25. The van der Waals surface area contributed by atoms with Crippen LogP contribution in [0.25, 0.3) is 0 Å². The Morgan fingerprint density at radius 2 is 2.00 bits per heavy atom. The number of carboxylic acids is 1. The Kier molecular flexibility index (Phi) is 25.2. The van der Waals surface area contributed by atoms with E-state index in [1.165, 1.54) is 19.3 Å². The van der Waals surface area contributed by atoms with Crippen molar-refractivity contribution in [1.29, 1.82) is 0 Å². The van der Waals surface area contributed by atoms with Crippen LogP contribution in [0.3, 0.4) is 0 Å². The topological polar surface area (TPSA) is 37.3 Å². The van der Waals surface area contributed by atoms with Crippen LogP contribution in [-0.4, -0.2) is 17.0 Å². The third-order valence-electron chi connectivity index (χ3n) is 0.912. The fourth-order valence-corrected chi connectivity index (χ4v) is 0.533. The van der Waals surface area contributed by atoms with Gasteiger partial charge in [-0.2, -0.15) is 0 Å². The monoisotopic (exact) mass is 214 g/mol. The molecule has 0 bridgehead atoms. The maximum atomic E-state index is 9.25. The standard InChI is InChI=1S/C5H11Cl.C3H4O2.ClH/c1-2-3-4-5-6;1-2-3(4)5;/h2-5H2,1H3;2H,1H2,(H,4,5);1H. The fraction of sp³-hybridized carbons (Fsp3) is 0.625. The van der Waals surface area contributed by atoms with Crippen LogP contribution in [0.5, 0.6) is 0 Å². The van der Waals surface area contributed by atoms with Gasteiger partial charge in [0, 0.05) is 12.0 Å². The van der Waals surface area contributed by atoms with Gasteiger partial charge < -0.3 is 5.11 Å². The summed E-state index contributed by atoms with van der Waals surface area (Å²) < 4.78 is 0. The second-order valence-corrected chi connectivity index (χ2v) is 2.32. The van der Waals surface area contributed by atoms with Crippen molar-refractivity contribution in [1.82, 2.24) is 0 Å². The molecule has 0 spiro atoms. The number of hydrogen-bond acceptors (Lipinski definition) is 1. The minimum atomic E-state index is -0.981. The Balaban J connectivity index is -0.000000126. The second-order valence-electron chi connectivity index (χ2n) is 1.94. The van der Waals surface area contributed by atoms with Gasteiger partial charge in [0.2, 0.25) is 0 Å². The highest BCUT2D eigenvalue weighted by molar-refractivity contribution is 6.17. The van der Waals surface area contributed by atoms with Crippen molar-refractivity contribution < 1.29 is 9.90 Å². The number of aliphatic carboxylic acids is 1. The van der Waals surface area contributed by atoms with E-state index in [9.17, 15) is 4.79 Å². The lowest BCUT2D eigenvalue weighted by molar-refractivity contribution is -0.131. The Labute approximate surface area is 85.0 Å². The number of carboxylic acid groups (broad SMARTS) is 1. The van der Waals surface area contributed by atoms with Crippen molar-refractivity contribution in [3.8, 4) is 0 Å². The van der Waals surface area contributed by atoms with Gasteiger partial charge in [0.25, 0.3) is 0 Å². The molecule has 0 fully saturated rings. The molecule has 0 radical (unpaired) electrons. The lowest BCUT2D eigenvalue weighted by Crippen LogP contribution is -1.82. The molecule has 0 aromatic carbocycles. The smallest absolute Gasteiger partial charge is 0.327 e. The molecule has 0 rings (SSSR count). The van der Waals surface area contributed by atoms with Crippen LogP contribution < -0.4 is 0 Å². The molecule has 0 saturated carbocycles. The Bertz CT molecular complexity index is 101. The average Bonchev–Trinajstić information content (AvgIpc) is 2.02. The van der Waals surface area contributed by atoms with Crippen molar-refractivity contribution in [2.24, 2.45) is 0 Å². The van der Waals surface area contributed by atoms with Crippen molar-refractivity contribution in [3.05, 3.63) is 12.7 Å². The molecule has 0 unspecified atom stereocenters. The largest absolute Gasteiger partial charge is 0.478 e. The number of hydrogen-bond donors (Lipinski definition) is 1. The molecule has 4 heteroatoms. The quantitative estimate of drug-likeness (QED) is 0.444. The van der Waals surface area contributed by atoms with E-state index < -0.39 is 5.97 Å². The van der Waals surface area contributed by atoms with Crippen LogP contribution in [0.4, 0.5) is 0 Å². The molecule has 0 amide bonds.